The Morgan fingerprint density at radius 3 is 2.74 bits per heavy atom. The van der Waals surface area contributed by atoms with Crippen molar-refractivity contribution in [1.82, 2.24) is 5.32 Å². The quantitative estimate of drug-likeness (QED) is 0.871. The first kappa shape index (κ1) is 14.4. The number of benzene rings is 1. The molecule has 0 spiro atoms. The molecule has 1 amide bonds. The van der Waals surface area contributed by atoms with Crippen molar-refractivity contribution >= 4 is 17.5 Å². The molecule has 0 bridgehead atoms. The van der Waals surface area contributed by atoms with E-state index in [1.807, 2.05) is 31.2 Å². The molecule has 104 valence electrons. The molecule has 0 radical (unpaired) electrons. The Balaban J connectivity index is 1.82. The van der Waals surface area contributed by atoms with Gasteiger partial charge >= 0.3 is 0 Å². The molecule has 1 unspecified atom stereocenters. The van der Waals surface area contributed by atoms with Crippen LogP contribution >= 0.6 is 11.6 Å². The first-order valence-electron chi connectivity index (χ1n) is 6.80. The summed E-state index contributed by atoms with van der Waals surface area (Å²) in [5.74, 6) is 0.0433. The molecule has 19 heavy (non-hydrogen) atoms. The number of hydrogen-bond donors (Lipinski definition) is 2. The number of carbonyl (C=O) groups is 1. The van der Waals surface area contributed by atoms with E-state index in [-0.39, 0.29) is 17.5 Å². The van der Waals surface area contributed by atoms with Crippen molar-refractivity contribution in [3.8, 4) is 0 Å². The summed E-state index contributed by atoms with van der Waals surface area (Å²) in [6, 6.07) is 7.79. The normalized spacial score (nSPS) is 18.5. The maximum absolute atomic E-state index is 11.9. The first-order valence-corrected chi connectivity index (χ1v) is 7.18. The summed E-state index contributed by atoms with van der Waals surface area (Å²) < 4.78 is 0. The van der Waals surface area contributed by atoms with E-state index in [2.05, 4.69) is 5.32 Å². The van der Waals surface area contributed by atoms with Crippen LogP contribution in [0.2, 0.25) is 5.02 Å². The molecular formula is C15H21ClN2O. The number of nitrogens with one attached hydrogen (secondary N) is 1. The number of halogens is 1. The minimum absolute atomic E-state index is 0.0433. The van der Waals surface area contributed by atoms with E-state index in [4.69, 9.17) is 17.3 Å². The van der Waals surface area contributed by atoms with Gasteiger partial charge in [-0.3, -0.25) is 4.79 Å². The summed E-state index contributed by atoms with van der Waals surface area (Å²) in [4.78, 5) is 11.9. The summed E-state index contributed by atoms with van der Waals surface area (Å²) in [7, 11) is 0. The van der Waals surface area contributed by atoms with Crippen LogP contribution in [0, 0.1) is 0 Å². The lowest BCUT2D eigenvalue weighted by molar-refractivity contribution is -0.123. The third kappa shape index (κ3) is 3.95. The van der Waals surface area contributed by atoms with Gasteiger partial charge in [0.05, 0.1) is 0 Å². The van der Waals surface area contributed by atoms with Gasteiger partial charge < -0.3 is 11.1 Å². The second kappa shape index (κ2) is 5.93. The topological polar surface area (TPSA) is 55.1 Å². The molecule has 0 aliphatic heterocycles. The third-order valence-corrected chi connectivity index (χ3v) is 4.12. The highest BCUT2D eigenvalue weighted by atomic mass is 35.5. The van der Waals surface area contributed by atoms with Crippen molar-refractivity contribution in [2.45, 2.75) is 50.6 Å². The fourth-order valence-corrected chi connectivity index (χ4v) is 2.71. The molecule has 1 aliphatic rings. The van der Waals surface area contributed by atoms with Gasteiger partial charge in [0.1, 0.15) is 0 Å². The molecule has 1 atom stereocenters. The van der Waals surface area contributed by atoms with Gasteiger partial charge in [0, 0.05) is 23.0 Å². The Labute approximate surface area is 119 Å². The van der Waals surface area contributed by atoms with Crippen LogP contribution < -0.4 is 11.1 Å². The Morgan fingerprint density at radius 2 is 2.16 bits per heavy atom. The Hall–Kier alpha value is -1.06. The van der Waals surface area contributed by atoms with Crippen LogP contribution in [0.4, 0.5) is 0 Å². The second-order valence-electron chi connectivity index (χ2n) is 5.66. The predicted molar refractivity (Wildman–Crippen MR) is 78.1 cm³/mol. The van der Waals surface area contributed by atoms with Crippen molar-refractivity contribution in [1.29, 1.82) is 0 Å². The maximum atomic E-state index is 11.9. The van der Waals surface area contributed by atoms with E-state index in [0.717, 1.165) is 36.3 Å². The van der Waals surface area contributed by atoms with Gasteiger partial charge in [-0.2, -0.15) is 0 Å². The monoisotopic (exact) mass is 280 g/mol. The lowest BCUT2D eigenvalue weighted by Crippen LogP contribution is -2.51. The lowest BCUT2D eigenvalue weighted by atomic mass is 9.75. The fourth-order valence-electron chi connectivity index (χ4n) is 2.50. The summed E-state index contributed by atoms with van der Waals surface area (Å²) >= 11 is 6.11. The molecule has 0 heterocycles. The van der Waals surface area contributed by atoms with E-state index < -0.39 is 0 Å². The zero-order chi connectivity index (χ0) is 13.9. The van der Waals surface area contributed by atoms with E-state index >= 15 is 0 Å². The average molecular weight is 281 g/mol. The van der Waals surface area contributed by atoms with Gasteiger partial charge in [0.2, 0.25) is 5.91 Å². The molecule has 1 aromatic carbocycles. The Kier molecular flexibility index (Phi) is 4.48. The maximum Gasteiger partial charge on any atom is 0.222 e. The Bertz CT molecular complexity index is 457. The molecule has 0 aromatic heterocycles. The second-order valence-corrected chi connectivity index (χ2v) is 6.06. The summed E-state index contributed by atoms with van der Waals surface area (Å²) in [5.41, 5.74) is 6.88. The Morgan fingerprint density at radius 1 is 1.47 bits per heavy atom. The predicted octanol–water partition coefficient (Wildman–Crippen LogP) is 2.66. The molecule has 0 saturated heterocycles. The van der Waals surface area contributed by atoms with E-state index in [1.54, 1.807) is 0 Å². The van der Waals surface area contributed by atoms with Crippen molar-refractivity contribution in [3.63, 3.8) is 0 Å². The van der Waals surface area contributed by atoms with Crippen LogP contribution in [0.3, 0.4) is 0 Å². The van der Waals surface area contributed by atoms with Crippen molar-refractivity contribution in [3.05, 3.63) is 34.9 Å². The lowest BCUT2D eigenvalue weighted by Gasteiger charge is -2.37. The molecular weight excluding hydrogens is 260 g/mol. The van der Waals surface area contributed by atoms with Crippen molar-refractivity contribution in [2.24, 2.45) is 5.73 Å². The largest absolute Gasteiger partial charge is 0.353 e. The van der Waals surface area contributed by atoms with Crippen LogP contribution in [-0.2, 0) is 11.2 Å². The minimum atomic E-state index is -0.256. The summed E-state index contributed by atoms with van der Waals surface area (Å²) in [6.07, 6.45) is 4.22. The van der Waals surface area contributed by atoms with Crippen LogP contribution in [0.1, 0.15) is 38.2 Å². The number of nitrogens with two attached hydrogens (primary N) is 1. The van der Waals surface area contributed by atoms with Crippen LogP contribution in [0.5, 0.6) is 0 Å². The molecule has 1 fully saturated rings. The van der Waals surface area contributed by atoms with E-state index in [1.165, 1.54) is 0 Å². The van der Waals surface area contributed by atoms with Crippen LogP contribution in [0.15, 0.2) is 24.3 Å². The summed E-state index contributed by atoms with van der Waals surface area (Å²) in [6.45, 7) is 1.99. The highest BCUT2D eigenvalue weighted by Crippen LogP contribution is 2.31. The average Bonchev–Trinajstić information content (AvgIpc) is 2.30. The van der Waals surface area contributed by atoms with E-state index in [0.29, 0.717) is 6.42 Å². The van der Waals surface area contributed by atoms with Gasteiger partial charge in [0.15, 0.2) is 0 Å². The van der Waals surface area contributed by atoms with Crippen molar-refractivity contribution < 1.29 is 4.79 Å². The standard InChI is InChI=1S/C15H21ClN2O/c1-11(9-12-5-2-3-6-13(12)16)18-14(19)10-15(17)7-4-8-15/h2-3,5-6,11H,4,7-10,17H2,1H3,(H,18,19). The highest BCUT2D eigenvalue weighted by Gasteiger charge is 2.34. The number of amides is 1. The number of rotatable bonds is 5. The van der Waals surface area contributed by atoms with Gasteiger partial charge in [-0.1, -0.05) is 29.8 Å². The molecule has 1 aliphatic carbocycles. The molecule has 3 N–H and O–H groups in total. The van der Waals surface area contributed by atoms with Gasteiger partial charge in [-0.25, -0.2) is 0 Å². The van der Waals surface area contributed by atoms with Gasteiger partial charge in [0.25, 0.3) is 0 Å². The van der Waals surface area contributed by atoms with Crippen LogP contribution in [-0.4, -0.2) is 17.5 Å². The minimum Gasteiger partial charge on any atom is -0.353 e. The zero-order valence-electron chi connectivity index (χ0n) is 11.3. The molecule has 3 nitrogen and oxygen atoms in total. The summed E-state index contributed by atoms with van der Waals surface area (Å²) in [5, 5.41) is 3.75. The SMILES string of the molecule is CC(Cc1ccccc1Cl)NC(=O)CC1(N)CCC1. The third-order valence-electron chi connectivity index (χ3n) is 3.75. The van der Waals surface area contributed by atoms with Gasteiger partial charge in [-0.15, -0.1) is 0 Å². The zero-order valence-corrected chi connectivity index (χ0v) is 12.0. The fraction of sp³-hybridized carbons (Fsp3) is 0.533. The van der Waals surface area contributed by atoms with Crippen LogP contribution in [0.25, 0.3) is 0 Å². The highest BCUT2D eigenvalue weighted by molar-refractivity contribution is 6.31. The number of carbonyl (C=O) groups excluding carboxylic acids is 1. The molecule has 1 aromatic rings. The first-order chi connectivity index (χ1) is 8.98. The van der Waals surface area contributed by atoms with Gasteiger partial charge in [-0.05, 0) is 44.2 Å². The van der Waals surface area contributed by atoms with Crippen molar-refractivity contribution in [2.75, 3.05) is 0 Å². The van der Waals surface area contributed by atoms with E-state index in [9.17, 15) is 4.79 Å². The molecule has 1 saturated carbocycles. The molecule has 4 heteroatoms. The number of hydrogen-bond acceptors (Lipinski definition) is 2. The smallest absolute Gasteiger partial charge is 0.222 e. The molecule has 2 rings (SSSR count).